The van der Waals surface area contributed by atoms with Crippen molar-refractivity contribution >= 4 is 12.2 Å². The highest BCUT2D eigenvalue weighted by molar-refractivity contribution is 5.71. The van der Waals surface area contributed by atoms with Crippen LogP contribution in [0.1, 0.15) is 133 Å². The molecule has 0 aromatic heterocycles. The Morgan fingerprint density at radius 3 is 1.50 bits per heavy atom. The summed E-state index contributed by atoms with van der Waals surface area (Å²) in [4.78, 5) is 25.8. The first-order valence-electron chi connectivity index (χ1n) is 17.0. The molecule has 3 rings (SSSR count). The molecule has 2 aromatic carbocycles. The number of carbonyl (C=O) groups is 2. The first-order valence-corrected chi connectivity index (χ1v) is 17.0. The van der Waals surface area contributed by atoms with Crippen LogP contribution in [0.2, 0.25) is 0 Å². The van der Waals surface area contributed by atoms with E-state index < -0.39 is 12.2 Å². The Hall–Kier alpha value is -3.02. The summed E-state index contributed by atoms with van der Waals surface area (Å²) in [5.74, 6) is 1.05. The van der Waals surface area contributed by atoms with Crippen LogP contribution in [-0.4, -0.2) is 24.8 Å². The lowest BCUT2D eigenvalue weighted by Crippen LogP contribution is -2.51. The summed E-state index contributed by atoms with van der Waals surface area (Å²) >= 11 is 0. The van der Waals surface area contributed by atoms with E-state index >= 15 is 0 Å². The third-order valence-electron chi connectivity index (χ3n) is 9.06. The first kappa shape index (κ1) is 37.4. The Labute approximate surface area is 279 Å². The summed E-state index contributed by atoms with van der Waals surface area (Å²) in [6, 6.07) is 15.6. The van der Waals surface area contributed by atoms with Gasteiger partial charge in [-0.25, -0.2) is 9.59 Å². The molecule has 2 amide bonds. The zero-order valence-corrected chi connectivity index (χ0v) is 31.1. The molecule has 2 N–H and O–H groups in total. The molecule has 6 nitrogen and oxygen atoms in total. The van der Waals surface area contributed by atoms with Crippen LogP contribution in [0.5, 0.6) is 11.5 Å². The summed E-state index contributed by atoms with van der Waals surface area (Å²) in [7, 11) is 0. The summed E-state index contributed by atoms with van der Waals surface area (Å²) in [6.45, 7) is 29.6. The van der Waals surface area contributed by atoms with Gasteiger partial charge in [0.25, 0.3) is 0 Å². The lowest BCUT2D eigenvalue weighted by Gasteiger charge is -2.46. The van der Waals surface area contributed by atoms with Gasteiger partial charge in [0.15, 0.2) is 0 Å². The summed E-state index contributed by atoms with van der Waals surface area (Å²) in [5, 5.41) is 6.10. The molecule has 2 aromatic rings. The van der Waals surface area contributed by atoms with Crippen LogP contribution in [0, 0.1) is 21.7 Å². The Kier molecular flexibility index (Phi) is 11.1. The fourth-order valence-electron chi connectivity index (χ4n) is 8.41. The van der Waals surface area contributed by atoms with Gasteiger partial charge in [0, 0.05) is 12.6 Å². The number of hydrogen-bond donors (Lipinski definition) is 2. The van der Waals surface area contributed by atoms with Crippen molar-refractivity contribution in [3.63, 3.8) is 0 Å². The van der Waals surface area contributed by atoms with Gasteiger partial charge in [0.05, 0.1) is 0 Å². The largest absolute Gasteiger partial charge is 0.412 e. The number of nitrogens with one attached hydrogen (secondary N) is 2. The molecule has 1 aliphatic rings. The molecule has 1 fully saturated rings. The quantitative estimate of drug-likeness (QED) is 0.288. The molecule has 6 heteroatoms. The van der Waals surface area contributed by atoms with Crippen molar-refractivity contribution < 1.29 is 19.1 Å². The van der Waals surface area contributed by atoms with Crippen molar-refractivity contribution in [1.82, 2.24) is 10.6 Å². The van der Waals surface area contributed by atoms with Gasteiger partial charge in [-0.15, -0.1) is 0 Å². The topological polar surface area (TPSA) is 76.7 Å². The number of amides is 2. The third kappa shape index (κ3) is 11.7. The zero-order valence-electron chi connectivity index (χ0n) is 31.1. The highest BCUT2D eigenvalue weighted by Gasteiger charge is 2.42. The van der Waals surface area contributed by atoms with Gasteiger partial charge < -0.3 is 20.1 Å². The number of hydrogen-bond acceptors (Lipinski definition) is 4. The second kappa shape index (κ2) is 13.6. The molecule has 0 radical (unpaired) electrons. The summed E-state index contributed by atoms with van der Waals surface area (Å²) in [6.07, 6.45) is 3.65. The second-order valence-electron chi connectivity index (χ2n) is 18.8. The van der Waals surface area contributed by atoms with Gasteiger partial charge in [0.2, 0.25) is 0 Å². The first-order chi connectivity index (χ1) is 20.9. The normalized spacial score (nSPS) is 20.5. The lowest BCUT2D eigenvalue weighted by molar-refractivity contribution is 0.0701. The SMILES string of the molecule is CC(C)(C)CC(C)(C)c1ccc(OC(=O)NCC2(C)CC(NC(=O)Oc3ccc(C(C)(C)CC(C)(C)C)cc3)CC(C)(C)C2)cc1. The van der Waals surface area contributed by atoms with Gasteiger partial charge in [-0.1, -0.05) is 114 Å². The van der Waals surface area contributed by atoms with Crippen molar-refractivity contribution in [3.05, 3.63) is 59.7 Å². The molecule has 0 saturated heterocycles. The predicted octanol–water partition coefficient (Wildman–Crippen LogP) is 10.6. The van der Waals surface area contributed by atoms with E-state index in [1.165, 1.54) is 11.1 Å². The molecular formula is C40H62N2O4. The van der Waals surface area contributed by atoms with E-state index in [0.29, 0.717) is 18.0 Å². The maximum absolute atomic E-state index is 13.0. The molecule has 256 valence electrons. The standard InChI is InChI=1S/C40H62N2O4/c1-35(2,3)24-38(9,10)28-14-18-31(19-15-28)45-33(43)41-27-40(13)23-30(22-37(7,8)26-40)42-34(44)46-32-20-16-29(17-21-32)39(11,12)25-36(4,5)6/h14-21,30H,22-27H2,1-13H3,(H,41,43)(H,42,44). The Bertz CT molecular complexity index is 1330. The minimum Gasteiger partial charge on any atom is -0.410 e. The van der Waals surface area contributed by atoms with Crippen molar-refractivity contribution in [1.29, 1.82) is 0 Å². The minimum atomic E-state index is -0.468. The van der Waals surface area contributed by atoms with Crippen LogP contribution in [0.15, 0.2) is 48.5 Å². The Balaban J connectivity index is 1.55. The molecule has 2 atom stereocenters. The summed E-state index contributed by atoms with van der Waals surface area (Å²) < 4.78 is 11.3. The molecule has 0 bridgehead atoms. The van der Waals surface area contributed by atoms with Gasteiger partial charge >= 0.3 is 12.2 Å². The van der Waals surface area contributed by atoms with E-state index in [-0.39, 0.29) is 38.5 Å². The fourth-order valence-corrected chi connectivity index (χ4v) is 8.41. The van der Waals surface area contributed by atoms with E-state index in [0.717, 1.165) is 32.1 Å². The Morgan fingerprint density at radius 2 is 1.09 bits per heavy atom. The van der Waals surface area contributed by atoms with Crippen molar-refractivity contribution in [2.45, 2.75) is 139 Å². The van der Waals surface area contributed by atoms with Crippen molar-refractivity contribution in [3.8, 4) is 11.5 Å². The zero-order chi connectivity index (χ0) is 34.8. The van der Waals surface area contributed by atoms with Crippen molar-refractivity contribution in [2.24, 2.45) is 21.7 Å². The van der Waals surface area contributed by atoms with Crippen molar-refractivity contribution in [2.75, 3.05) is 6.54 Å². The number of benzene rings is 2. The molecule has 0 heterocycles. The summed E-state index contributed by atoms with van der Waals surface area (Å²) in [5.41, 5.74) is 2.67. The average Bonchev–Trinajstić information content (AvgIpc) is 2.84. The molecule has 0 aliphatic heterocycles. The number of ether oxygens (including phenoxy) is 2. The van der Waals surface area contributed by atoms with Crippen LogP contribution in [0.4, 0.5) is 9.59 Å². The highest BCUT2D eigenvalue weighted by atomic mass is 16.6. The number of rotatable bonds is 9. The van der Waals surface area contributed by atoms with Crippen LogP contribution in [0.25, 0.3) is 0 Å². The van der Waals surface area contributed by atoms with Crippen LogP contribution >= 0.6 is 0 Å². The maximum atomic E-state index is 13.0. The van der Waals surface area contributed by atoms with Gasteiger partial charge in [-0.05, 0) is 100.0 Å². The van der Waals surface area contributed by atoms with Gasteiger partial charge in [-0.3, -0.25) is 0 Å². The Morgan fingerprint density at radius 1 is 0.674 bits per heavy atom. The molecule has 2 unspecified atom stereocenters. The fraction of sp³-hybridized carbons (Fsp3) is 0.650. The van der Waals surface area contributed by atoms with Gasteiger partial charge in [0.1, 0.15) is 11.5 Å². The molecular weight excluding hydrogens is 572 g/mol. The van der Waals surface area contributed by atoms with E-state index in [1.54, 1.807) is 0 Å². The minimum absolute atomic E-state index is 0.0192. The second-order valence-corrected chi connectivity index (χ2v) is 18.8. The van der Waals surface area contributed by atoms with E-state index in [1.807, 2.05) is 24.3 Å². The van der Waals surface area contributed by atoms with E-state index in [2.05, 4.69) is 125 Å². The molecule has 1 aliphatic carbocycles. The predicted molar refractivity (Wildman–Crippen MR) is 190 cm³/mol. The average molecular weight is 635 g/mol. The smallest absolute Gasteiger partial charge is 0.410 e. The number of carbonyl (C=O) groups excluding carboxylic acids is 2. The molecule has 46 heavy (non-hydrogen) atoms. The van der Waals surface area contributed by atoms with Crippen LogP contribution in [-0.2, 0) is 10.8 Å². The lowest BCUT2D eigenvalue weighted by atomic mass is 9.62. The monoisotopic (exact) mass is 634 g/mol. The van der Waals surface area contributed by atoms with E-state index in [9.17, 15) is 9.59 Å². The van der Waals surface area contributed by atoms with Crippen LogP contribution < -0.4 is 20.1 Å². The van der Waals surface area contributed by atoms with Crippen LogP contribution in [0.3, 0.4) is 0 Å². The highest BCUT2D eigenvalue weighted by Crippen LogP contribution is 2.46. The third-order valence-corrected chi connectivity index (χ3v) is 9.06. The molecule has 1 saturated carbocycles. The van der Waals surface area contributed by atoms with Gasteiger partial charge in [-0.2, -0.15) is 0 Å². The molecule has 0 spiro atoms. The maximum Gasteiger partial charge on any atom is 0.412 e. The van der Waals surface area contributed by atoms with E-state index in [4.69, 9.17) is 9.47 Å².